The summed E-state index contributed by atoms with van der Waals surface area (Å²) in [5, 5.41) is 6.68. The molecule has 1 saturated carbocycles. The van der Waals surface area contributed by atoms with E-state index in [2.05, 4.69) is 0 Å². The van der Waals surface area contributed by atoms with Gasteiger partial charge in [-0.3, -0.25) is 0 Å². The Labute approximate surface area is 43.2 Å². The third kappa shape index (κ3) is 0.996. The second-order valence-corrected chi connectivity index (χ2v) is 2.10. The van der Waals surface area contributed by atoms with Crippen LogP contribution in [0.25, 0.3) is 0 Å². The largest absolute Gasteiger partial charge is 0.327 e. The Kier molecular flexibility index (Phi) is 1.11. The first-order valence-electron chi connectivity index (χ1n) is 2.59. The summed E-state index contributed by atoms with van der Waals surface area (Å²) in [5.41, 5.74) is 5.45. The maximum atomic E-state index is 6.68. The second-order valence-electron chi connectivity index (χ2n) is 2.10. The molecular weight excluding hydrogens is 88.1 g/mol. The van der Waals surface area contributed by atoms with Crippen molar-refractivity contribution in [3.8, 4) is 0 Å². The highest BCUT2D eigenvalue weighted by molar-refractivity contribution is 5.54. The maximum Gasteiger partial charge on any atom is 0.00745 e. The Bertz CT molecular complexity index is 80.1. The van der Waals surface area contributed by atoms with E-state index in [1.54, 1.807) is 0 Å². The zero-order chi connectivity index (χ0) is 5.28. The van der Waals surface area contributed by atoms with Gasteiger partial charge in [0.25, 0.3) is 0 Å². The Hall–Kier alpha value is -0.370. The fourth-order valence-electron chi connectivity index (χ4n) is 0.693. The lowest BCUT2D eigenvalue weighted by Gasteiger charge is -1.81. The Morgan fingerprint density at radius 3 is 2.57 bits per heavy atom. The number of rotatable bonds is 2. The van der Waals surface area contributed by atoms with Crippen molar-refractivity contribution < 1.29 is 0 Å². The maximum absolute atomic E-state index is 6.68. The Morgan fingerprint density at radius 2 is 2.43 bits per heavy atom. The molecule has 40 valence electrons. The normalized spacial score (nSPS) is 37.9. The van der Waals surface area contributed by atoms with Crippen molar-refractivity contribution in [1.29, 1.82) is 5.41 Å². The molecule has 1 aliphatic rings. The Morgan fingerprint density at radius 1 is 1.86 bits per heavy atom. The van der Waals surface area contributed by atoms with Crippen LogP contribution in [0.2, 0.25) is 0 Å². The van der Waals surface area contributed by atoms with E-state index in [-0.39, 0.29) is 0 Å². The van der Waals surface area contributed by atoms with E-state index >= 15 is 0 Å². The van der Waals surface area contributed by atoms with Crippen LogP contribution in [0.3, 0.4) is 0 Å². The molecule has 0 aliphatic heterocycles. The van der Waals surface area contributed by atoms with E-state index in [0.29, 0.717) is 12.0 Å². The summed E-state index contributed by atoms with van der Waals surface area (Å²) < 4.78 is 0. The van der Waals surface area contributed by atoms with Crippen LogP contribution in [-0.2, 0) is 0 Å². The lowest BCUT2D eigenvalue weighted by atomic mass is 10.3. The molecule has 0 aromatic rings. The zero-order valence-electron chi connectivity index (χ0n) is 4.22. The summed E-state index contributed by atoms with van der Waals surface area (Å²) >= 11 is 0. The molecule has 0 heterocycles. The highest BCUT2D eigenvalue weighted by Crippen LogP contribution is 2.29. The minimum absolute atomic E-state index is 0.418. The monoisotopic (exact) mass is 98.1 g/mol. The van der Waals surface area contributed by atoms with Crippen molar-refractivity contribution in [2.45, 2.75) is 18.9 Å². The first-order chi connectivity index (χ1) is 3.34. The summed E-state index contributed by atoms with van der Waals surface area (Å²) in [6.07, 6.45) is 3.47. The van der Waals surface area contributed by atoms with Crippen molar-refractivity contribution in [1.82, 2.24) is 0 Å². The van der Waals surface area contributed by atoms with Gasteiger partial charge >= 0.3 is 0 Å². The van der Waals surface area contributed by atoms with Crippen LogP contribution in [0.4, 0.5) is 0 Å². The molecule has 0 bridgehead atoms. The molecule has 2 nitrogen and oxygen atoms in total. The number of hydrogen-bond acceptors (Lipinski definition) is 2. The molecule has 2 unspecified atom stereocenters. The standard InChI is InChI=1S/C5H10N2/c6-2-1-4-3-5(4)7/h2,4-6H,1,3,7H2. The molecule has 1 aliphatic carbocycles. The SMILES string of the molecule is N=CCC1CC1N. The van der Waals surface area contributed by atoms with Crippen LogP contribution in [0, 0.1) is 11.3 Å². The topological polar surface area (TPSA) is 49.9 Å². The summed E-state index contributed by atoms with van der Waals surface area (Å²) in [6.45, 7) is 0. The molecule has 0 amide bonds. The smallest absolute Gasteiger partial charge is 0.00745 e. The molecule has 1 fully saturated rings. The van der Waals surface area contributed by atoms with Crippen molar-refractivity contribution in [2.75, 3.05) is 0 Å². The summed E-state index contributed by atoms with van der Waals surface area (Å²) in [6, 6.07) is 0.418. The van der Waals surface area contributed by atoms with E-state index < -0.39 is 0 Å². The molecule has 0 saturated heterocycles. The molecule has 0 aromatic heterocycles. The predicted molar refractivity (Wildman–Crippen MR) is 29.5 cm³/mol. The highest BCUT2D eigenvalue weighted by atomic mass is 14.7. The van der Waals surface area contributed by atoms with Gasteiger partial charge in [-0.15, -0.1) is 0 Å². The number of nitrogens with two attached hydrogens (primary N) is 1. The van der Waals surface area contributed by atoms with E-state index in [1.165, 1.54) is 6.21 Å². The van der Waals surface area contributed by atoms with Gasteiger partial charge in [-0.1, -0.05) is 0 Å². The fraction of sp³-hybridized carbons (Fsp3) is 0.800. The lowest BCUT2D eigenvalue weighted by Crippen LogP contribution is -2.01. The van der Waals surface area contributed by atoms with E-state index in [4.69, 9.17) is 11.1 Å². The van der Waals surface area contributed by atoms with E-state index in [1.807, 2.05) is 0 Å². The van der Waals surface area contributed by atoms with Crippen LogP contribution < -0.4 is 5.73 Å². The molecule has 2 heteroatoms. The van der Waals surface area contributed by atoms with Crippen molar-refractivity contribution >= 4 is 6.21 Å². The molecule has 1 rings (SSSR count). The minimum atomic E-state index is 0.418. The van der Waals surface area contributed by atoms with Gasteiger partial charge in [-0.2, -0.15) is 0 Å². The molecule has 0 aromatic carbocycles. The van der Waals surface area contributed by atoms with Crippen molar-refractivity contribution in [3.63, 3.8) is 0 Å². The van der Waals surface area contributed by atoms with Gasteiger partial charge in [0.15, 0.2) is 0 Å². The van der Waals surface area contributed by atoms with E-state index in [0.717, 1.165) is 12.8 Å². The molecular formula is C5H10N2. The van der Waals surface area contributed by atoms with Crippen molar-refractivity contribution in [2.24, 2.45) is 11.7 Å². The zero-order valence-corrected chi connectivity index (χ0v) is 4.22. The van der Waals surface area contributed by atoms with Gasteiger partial charge in [-0.25, -0.2) is 0 Å². The summed E-state index contributed by atoms with van der Waals surface area (Å²) in [5.74, 6) is 0.650. The first-order valence-corrected chi connectivity index (χ1v) is 2.59. The second kappa shape index (κ2) is 1.62. The lowest BCUT2D eigenvalue weighted by molar-refractivity contribution is 0.841. The third-order valence-electron chi connectivity index (χ3n) is 1.40. The number of hydrogen-bond donors (Lipinski definition) is 2. The molecule has 2 atom stereocenters. The third-order valence-corrected chi connectivity index (χ3v) is 1.40. The van der Waals surface area contributed by atoms with Crippen LogP contribution in [0.15, 0.2) is 0 Å². The van der Waals surface area contributed by atoms with Crippen molar-refractivity contribution in [3.05, 3.63) is 0 Å². The van der Waals surface area contributed by atoms with Gasteiger partial charge in [0, 0.05) is 6.04 Å². The Balaban J connectivity index is 2.08. The summed E-state index contributed by atoms with van der Waals surface area (Å²) in [7, 11) is 0. The summed E-state index contributed by atoms with van der Waals surface area (Å²) in [4.78, 5) is 0. The van der Waals surface area contributed by atoms with Crippen LogP contribution >= 0.6 is 0 Å². The van der Waals surface area contributed by atoms with Gasteiger partial charge in [-0.05, 0) is 25.0 Å². The predicted octanol–water partition coefficient (Wildman–Crippen LogP) is 0.373. The van der Waals surface area contributed by atoms with Crippen LogP contribution in [-0.4, -0.2) is 12.3 Å². The van der Waals surface area contributed by atoms with E-state index in [9.17, 15) is 0 Å². The van der Waals surface area contributed by atoms with Crippen LogP contribution in [0.1, 0.15) is 12.8 Å². The van der Waals surface area contributed by atoms with Gasteiger partial charge in [0.1, 0.15) is 0 Å². The molecule has 0 spiro atoms. The van der Waals surface area contributed by atoms with Gasteiger partial charge < -0.3 is 11.1 Å². The average molecular weight is 98.1 g/mol. The number of nitrogens with one attached hydrogen (secondary N) is 1. The molecule has 7 heavy (non-hydrogen) atoms. The fourth-order valence-corrected chi connectivity index (χ4v) is 0.693. The first kappa shape index (κ1) is 4.78. The quantitative estimate of drug-likeness (QED) is 0.482. The van der Waals surface area contributed by atoms with Gasteiger partial charge in [0.2, 0.25) is 0 Å². The molecule has 0 radical (unpaired) electrons. The van der Waals surface area contributed by atoms with Crippen LogP contribution in [0.5, 0.6) is 0 Å². The van der Waals surface area contributed by atoms with Gasteiger partial charge in [0.05, 0.1) is 0 Å². The average Bonchev–Trinajstić information content (AvgIpc) is 2.22. The molecule has 3 N–H and O–H groups in total. The highest BCUT2D eigenvalue weighted by Gasteiger charge is 2.31. The minimum Gasteiger partial charge on any atom is -0.327 e.